The van der Waals surface area contributed by atoms with Gasteiger partial charge in [-0.15, -0.1) is 11.3 Å². The average molecular weight is 324 g/mol. The molecular weight excluding hydrogens is 304 g/mol. The highest BCUT2D eigenvalue weighted by Gasteiger charge is 2.29. The van der Waals surface area contributed by atoms with Gasteiger partial charge in [-0.25, -0.2) is 13.4 Å². The van der Waals surface area contributed by atoms with Crippen LogP contribution in [0.3, 0.4) is 0 Å². The predicted octanol–water partition coefficient (Wildman–Crippen LogP) is 2.72. The minimum absolute atomic E-state index is 0.409. The third-order valence-corrected chi connectivity index (χ3v) is 6.45. The molecule has 4 nitrogen and oxygen atoms in total. The van der Waals surface area contributed by atoms with Crippen LogP contribution in [0.15, 0.2) is 35.7 Å². The van der Waals surface area contributed by atoms with Crippen molar-refractivity contribution in [3.8, 4) is 11.3 Å². The Morgan fingerprint density at radius 2 is 1.90 bits per heavy atom. The first-order valence-corrected chi connectivity index (χ1v) is 9.47. The number of sulfone groups is 1. The summed E-state index contributed by atoms with van der Waals surface area (Å²) in [6.45, 7) is 4.45. The van der Waals surface area contributed by atoms with Crippen molar-refractivity contribution in [2.24, 2.45) is 0 Å². The maximum atomic E-state index is 11.6. The van der Waals surface area contributed by atoms with Gasteiger partial charge in [0.05, 0.1) is 10.4 Å². The minimum Gasteiger partial charge on any atom is -0.309 e. The van der Waals surface area contributed by atoms with Crippen LogP contribution in [0.4, 0.5) is 0 Å². The molecular formula is C15H20N2O2S2. The molecule has 0 atom stereocenters. The highest BCUT2D eigenvalue weighted by atomic mass is 32.2. The van der Waals surface area contributed by atoms with Crippen molar-refractivity contribution in [3.63, 3.8) is 0 Å². The number of thiazole rings is 1. The van der Waals surface area contributed by atoms with Crippen LogP contribution in [0.25, 0.3) is 11.3 Å². The van der Waals surface area contributed by atoms with E-state index in [-0.39, 0.29) is 0 Å². The summed E-state index contributed by atoms with van der Waals surface area (Å²) in [4.78, 5) is 4.57. The van der Waals surface area contributed by atoms with Crippen LogP contribution < -0.4 is 5.32 Å². The zero-order valence-electron chi connectivity index (χ0n) is 12.5. The van der Waals surface area contributed by atoms with Crippen molar-refractivity contribution in [2.75, 3.05) is 12.8 Å². The van der Waals surface area contributed by atoms with Gasteiger partial charge in [0.15, 0.2) is 9.84 Å². The van der Waals surface area contributed by atoms with E-state index in [2.05, 4.69) is 10.3 Å². The average Bonchev–Trinajstić information content (AvgIpc) is 2.87. The fraction of sp³-hybridized carbons (Fsp3) is 0.400. The first-order chi connectivity index (χ1) is 9.79. The third-order valence-electron chi connectivity index (χ3n) is 3.45. The fourth-order valence-corrected chi connectivity index (χ4v) is 2.87. The number of nitrogens with zero attached hydrogens (tertiary/aromatic N) is 1. The molecule has 0 aliphatic rings. The second-order valence-corrected chi connectivity index (χ2v) is 9.22. The van der Waals surface area contributed by atoms with Crippen LogP contribution in [0.5, 0.6) is 0 Å². The lowest BCUT2D eigenvalue weighted by molar-refractivity contribution is 0.521. The minimum atomic E-state index is -3.07. The zero-order valence-corrected chi connectivity index (χ0v) is 14.1. The van der Waals surface area contributed by atoms with E-state index in [1.165, 1.54) is 6.26 Å². The number of nitrogens with one attached hydrogen (secondary N) is 1. The Bertz CT molecular complexity index is 691. The molecule has 0 unspecified atom stereocenters. The summed E-state index contributed by atoms with van der Waals surface area (Å²) >= 11 is 1.58. The van der Waals surface area contributed by atoms with Crippen molar-refractivity contribution in [3.05, 3.63) is 40.7 Å². The van der Waals surface area contributed by atoms with Gasteiger partial charge in [0.1, 0.15) is 5.01 Å². The first kappa shape index (κ1) is 16.1. The highest BCUT2D eigenvalue weighted by molar-refractivity contribution is 7.92. The molecule has 0 spiro atoms. The molecule has 0 aliphatic heterocycles. The number of rotatable bonds is 6. The quantitative estimate of drug-likeness (QED) is 0.887. The number of hydrogen-bond acceptors (Lipinski definition) is 5. The lowest BCUT2D eigenvalue weighted by Gasteiger charge is -2.22. The van der Waals surface area contributed by atoms with E-state index < -0.39 is 14.6 Å². The molecule has 0 saturated carbocycles. The van der Waals surface area contributed by atoms with Gasteiger partial charge in [0, 0.05) is 30.3 Å². The van der Waals surface area contributed by atoms with Crippen molar-refractivity contribution in [1.82, 2.24) is 10.3 Å². The van der Waals surface area contributed by atoms with Crippen molar-refractivity contribution in [1.29, 1.82) is 0 Å². The summed E-state index contributed by atoms with van der Waals surface area (Å²) < 4.78 is 22.5. The molecule has 0 saturated heterocycles. The van der Waals surface area contributed by atoms with E-state index in [0.717, 1.165) is 16.3 Å². The van der Waals surface area contributed by atoms with Crippen LogP contribution in [0.2, 0.25) is 0 Å². The highest BCUT2D eigenvalue weighted by Crippen LogP contribution is 2.21. The van der Waals surface area contributed by atoms with Gasteiger partial charge in [-0.05, 0) is 13.8 Å². The molecule has 1 N–H and O–H groups in total. The van der Waals surface area contributed by atoms with Crippen LogP contribution >= 0.6 is 11.3 Å². The van der Waals surface area contributed by atoms with E-state index in [0.29, 0.717) is 13.1 Å². The van der Waals surface area contributed by atoms with Crippen LogP contribution in [-0.4, -0.2) is 30.9 Å². The topological polar surface area (TPSA) is 59.1 Å². The molecule has 1 heterocycles. The molecule has 0 bridgehead atoms. The molecule has 114 valence electrons. The molecule has 2 rings (SSSR count). The summed E-state index contributed by atoms with van der Waals surface area (Å²) in [7, 11) is -3.07. The summed E-state index contributed by atoms with van der Waals surface area (Å²) in [5.41, 5.74) is 2.05. The van der Waals surface area contributed by atoms with Crippen molar-refractivity contribution >= 4 is 21.2 Å². The Hall–Kier alpha value is -1.24. The van der Waals surface area contributed by atoms with Gasteiger partial charge in [0.25, 0.3) is 0 Å². The fourth-order valence-electron chi connectivity index (χ4n) is 1.74. The molecule has 0 aliphatic carbocycles. The van der Waals surface area contributed by atoms with E-state index in [9.17, 15) is 8.42 Å². The smallest absolute Gasteiger partial charge is 0.153 e. The number of benzene rings is 1. The summed E-state index contributed by atoms with van der Waals surface area (Å²) in [6, 6.07) is 10.0. The monoisotopic (exact) mass is 324 g/mol. The summed E-state index contributed by atoms with van der Waals surface area (Å²) in [5, 5.41) is 6.16. The second kappa shape index (κ2) is 6.25. The van der Waals surface area contributed by atoms with Crippen LogP contribution in [0, 0.1) is 0 Å². The van der Waals surface area contributed by atoms with Gasteiger partial charge in [-0.3, -0.25) is 0 Å². The number of aromatic nitrogens is 1. The maximum Gasteiger partial charge on any atom is 0.153 e. The van der Waals surface area contributed by atoms with E-state index in [1.54, 1.807) is 25.2 Å². The second-order valence-electron chi connectivity index (χ2n) is 5.63. The number of hydrogen-bond donors (Lipinski definition) is 1. The Morgan fingerprint density at radius 3 is 2.52 bits per heavy atom. The first-order valence-electron chi connectivity index (χ1n) is 6.70. The Kier molecular flexibility index (Phi) is 4.81. The lowest BCUT2D eigenvalue weighted by atomic mass is 10.2. The van der Waals surface area contributed by atoms with Crippen LogP contribution in [0.1, 0.15) is 18.9 Å². The molecule has 21 heavy (non-hydrogen) atoms. The summed E-state index contributed by atoms with van der Waals surface area (Å²) in [6.07, 6.45) is 1.27. The third kappa shape index (κ3) is 4.12. The van der Waals surface area contributed by atoms with Gasteiger partial charge < -0.3 is 5.32 Å². The van der Waals surface area contributed by atoms with E-state index in [1.807, 2.05) is 35.7 Å². The van der Waals surface area contributed by atoms with Crippen molar-refractivity contribution in [2.45, 2.75) is 25.1 Å². The van der Waals surface area contributed by atoms with Gasteiger partial charge >= 0.3 is 0 Å². The Labute approximate surface area is 130 Å². The Morgan fingerprint density at radius 1 is 1.24 bits per heavy atom. The molecule has 1 aromatic heterocycles. The van der Waals surface area contributed by atoms with E-state index >= 15 is 0 Å². The lowest BCUT2D eigenvalue weighted by Crippen LogP contribution is -2.41. The van der Waals surface area contributed by atoms with Gasteiger partial charge in [-0.1, -0.05) is 30.3 Å². The maximum absolute atomic E-state index is 11.6. The normalized spacial score (nSPS) is 12.5. The van der Waals surface area contributed by atoms with Gasteiger partial charge in [-0.2, -0.15) is 0 Å². The molecule has 2 aromatic rings. The largest absolute Gasteiger partial charge is 0.309 e. The Balaban J connectivity index is 1.96. The van der Waals surface area contributed by atoms with Crippen molar-refractivity contribution < 1.29 is 8.42 Å². The standard InChI is InChI=1S/C15H20N2O2S2/c1-15(2,21(3,18)19)11-16-9-14-17-13(10-20-14)12-7-5-4-6-8-12/h4-8,10,16H,9,11H2,1-3H3. The summed E-state index contributed by atoms with van der Waals surface area (Å²) in [5.74, 6) is 0. The predicted molar refractivity (Wildman–Crippen MR) is 88.2 cm³/mol. The molecule has 0 radical (unpaired) electrons. The molecule has 1 aromatic carbocycles. The SMILES string of the molecule is CC(C)(CNCc1nc(-c2ccccc2)cs1)S(C)(=O)=O. The molecule has 0 amide bonds. The molecule has 6 heteroatoms. The van der Waals surface area contributed by atoms with E-state index in [4.69, 9.17) is 0 Å². The van der Waals surface area contributed by atoms with Gasteiger partial charge in [0.2, 0.25) is 0 Å². The molecule has 0 fully saturated rings. The van der Waals surface area contributed by atoms with Crippen LogP contribution in [-0.2, 0) is 16.4 Å². The zero-order chi connectivity index (χ0) is 15.5.